The molecule has 0 N–H and O–H groups in total. The number of aromatic nitrogens is 3. The molecule has 2 aliphatic carbocycles. The summed E-state index contributed by atoms with van der Waals surface area (Å²) in [4.78, 5) is 6.50. The second-order valence-electron chi connectivity index (χ2n) is 7.33. The molecular formula is C18H19N5O. The molecule has 2 saturated carbocycles. The Morgan fingerprint density at radius 3 is 3.04 bits per heavy atom. The fourth-order valence-electron chi connectivity index (χ4n) is 4.49. The quantitative estimate of drug-likeness (QED) is 0.865. The minimum Gasteiger partial charge on any atom is -0.424 e. The van der Waals surface area contributed by atoms with Crippen molar-refractivity contribution >= 4 is 5.69 Å². The first-order chi connectivity index (χ1) is 11.8. The lowest BCUT2D eigenvalue weighted by atomic mass is 9.80. The van der Waals surface area contributed by atoms with Crippen LogP contribution in [0.3, 0.4) is 0 Å². The van der Waals surface area contributed by atoms with Crippen molar-refractivity contribution in [2.45, 2.75) is 43.4 Å². The van der Waals surface area contributed by atoms with Crippen molar-refractivity contribution in [3.05, 3.63) is 35.8 Å². The van der Waals surface area contributed by atoms with Crippen LogP contribution in [0.1, 0.15) is 55.5 Å². The standard InChI is InChI=1S/C18H19N5O/c19-9-14-15(4-2-8-20-14)23-10-13-3-1-7-18(13,11-23)17-22-21-16(24-17)12-5-6-12/h2,4,8,12-13H,1,3,5-7,10-11H2/t13-,18-/m0/s1. The average Bonchev–Trinajstić information content (AvgIpc) is 3.05. The zero-order valence-corrected chi connectivity index (χ0v) is 13.5. The number of nitriles is 1. The average molecular weight is 321 g/mol. The molecule has 3 heterocycles. The highest BCUT2D eigenvalue weighted by molar-refractivity contribution is 5.57. The van der Waals surface area contributed by atoms with Gasteiger partial charge in [0.25, 0.3) is 0 Å². The van der Waals surface area contributed by atoms with Crippen LogP contribution >= 0.6 is 0 Å². The fraction of sp³-hybridized carbons (Fsp3) is 0.556. The molecule has 5 rings (SSSR count). The monoisotopic (exact) mass is 321 g/mol. The second kappa shape index (κ2) is 5.04. The lowest BCUT2D eigenvalue weighted by Gasteiger charge is -2.25. The molecule has 0 spiro atoms. The van der Waals surface area contributed by atoms with E-state index in [9.17, 15) is 5.26 Å². The van der Waals surface area contributed by atoms with E-state index < -0.39 is 0 Å². The molecule has 2 atom stereocenters. The Morgan fingerprint density at radius 1 is 1.29 bits per heavy atom. The van der Waals surface area contributed by atoms with Crippen LogP contribution in [0, 0.1) is 17.2 Å². The SMILES string of the molecule is N#Cc1ncccc1N1C[C@@H]2CCC[C@]2(c2nnc(C3CC3)o2)C1. The molecule has 24 heavy (non-hydrogen) atoms. The van der Waals surface area contributed by atoms with Crippen LogP contribution in [0.15, 0.2) is 22.7 Å². The maximum absolute atomic E-state index is 9.35. The van der Waals surface area contributed by atoms with Crippen LogP contribution in [-0.2, 0) is 5.41 Å². The van der Waals surface area contributed by atoms with Gasteiger partial charge in [0.2, 0.25) is 11.8 Å². The first kappa shape index (κ1) is 14.0. The molecule has 0 aromatic carbocycles. The third kappa shape index (κ3) is 1.97. The van der Waals surface area contributed by atoms with Crippen molar-refractivity contribution in [1.82, 2.24) is 15.2 Å². The van der Waals surface area contributed by atoms with E-state index in [4.69, 9.17) is 4.42 Å². The Hall–Kier alpha value is -2.42. The van der Waals surface area contributed by atoms with Crippen molar-refractivity contribution in [3.63, 3.8) is 0 Å². The Bertz CT molecular complexity index is 821. The summed E-state index contributed by atoms with van der Waals surface area (Å²) in [6.45, 7) is 1.77. The van der Waals surface area contributed by atoms with Crippen molar-refractivity contribution in [2.75, 3.05) is 18.0 Å². The highest BCUT2D eigenvalue weighted by Crippen LogP contribution is 2.52. The summed E-state index contributed by atoms with van der Waals surface area (Å²) in [5.41, 5.74) is 1.37. The number of fused-ring (bicyclic) bond motifs is 1. The van der Waals surface area contributed by atoms with Crippen LogP contribution in [0.25, 0.3) is 0 Å². The first-order valence-corrected chi connectivity index (χ1v) is 8.74. The topological polar surface area (TPSA) is 78.8 Å². The van der Waals surface area contributed by atoms with E-state index in [1.165, 1.54) is 25.7 Å². The number of hydrogen-bond acceptors (Lipinski definition) is 6. The van der Waals surface area contributed by atoms with Gasteiger partial charge in [0.1, 0.15) is 6.07 Å². The van der Waals surface area contributed by atoms with Gasteiger partial charge in [-0.1, -0.05) is 6.42 Å². The summed E-state index contributed by atoms with van der Waals surface area (Å²) in [5.74, 6) is 2.64. The first-order valence-electron chi connectivity index (χ1n) is 8.74. The summed E-state index contributed by atoms with van der Waals surface area (Å²) in [6, 6.07) is 6.10. The van der Waals surface area contributed by atoms with Crippen molar-refractivity contribution in [3.8, 4) is 6.07 Å². The van der Waals surface area contributed by atoms with Crippen molar-refractivity contribution < 1.29 is 4.42 Å². The summed E-state index contributed by atoms with van der Waals surface area (Å²) in [6.07, 6.45) is 7.49. The molecule has 0 unspecified atom stereocenters. The molecule has 1 aliphatic heterocycles. The van der Waals surface area contributed by atoms with Gasteiger partial charge in [-0.25, -0.2) is 4.98 Å². The fourth-order valence-corrected chi connectivity index (χ4v) is 4.49. The molecule has 122 valence electrons. The molecule has 1 saturated heterocycles. The van der Waals surface area contributed by atoms with Crippen LogP contribution in [-0.4, -0.2) is 28.3 Å². The lowest BCUT2D eigenvalue weighted by molar-refractivity contribution is 0.296. The molecule has 2 aromatic rings. The maximum atomic E-state index is 9.35. The molecule has 6 nitrogen and oxygen atoms in total. The maximum Gasteiger partial charge on any atom is 0.224 e. The summed E-state index contributed by atoms with van der Waals surface area (Å²) in [7, 11) is 0. The Balaban J connectivity index is 1.50. The van der Waals surface area contributed by atoms with E-state index in [2.05, 4.69) is 26.2 Å². The Morgan fingerprint density at radius 2 is 2.21 bits per heavy atom. The van der Waals surface area contributed by atoms with Crippen molar-refractivity contribution in [1.29, 1.82) is 5.26 Å². The predicted octanol–water partition coefficient (Wildman–Crippen LogP) is 2.77. The molecule has 0 amide bonds. The largest absolute Gasteiger partial charge is 0.424 e. The minimum atomic E-state index is -0.0529. The van der Waals surface area contributed by atoms with Gasteiger partial charge in [-0.15, -0.1) is 10.2 Å². The number of pyridine rings is 1. The summed E-state index contributed by atoms with van der Waals surface area (Å²) in [5, 5.41) is 18.1. The summed E-state index contributed by atoms with van der Waals surface area (Å²) < 4.78 is 6.11. The van der Waals surface area contributed by atoms with Gasteiger partial charge in [0.15, 0.2) is 5.69 Å². The van der Waals surface area contributed by atoms with Crippen LogP contribution in [0.2, 0.25) is 0 Å². The Kier molecular flexibility index (Phi) is 2.93. The van der Waals surface area contributed by atoms with Crippen LogP contribution in [0.4, 0.5) is 5.69 Å². The van der Waals surface area contributed by atoms with E-state index in [0.29, 0.717) is 17.5 Å². The highest BCUT2D eigenvalue weighted by Gasteiger charge is 2.54. The zero-order valence-electron chi connectivity index (χ0n) is 13.5. The van der Waals surface area contributed by atoms with Gasteiger partial charge in [-0.2, -0.15) is 5.26 Å². The van der Waals surface area contributed by atoms with E-state index in [0.717, 1.165) is 37.0 Å². The second-order valence-corrected chi connectivity index (χ2v) is 7.33. The van der Waals surface area contributed by atoms with Gasteiger partial charge in [-0.3, -0.25) is 0 Å². The zero-order chi connectivity index (χ0) is 16.1. The molecule has 0 radical (unpaired) electrons. The van der Waals surface area contributed by atoms with Gasteiger partial charge in [0, 0.05) is 25.2 Å². The smallest absolute Gasteiger partial charge is 0.224 e. The van der Waals surface area contributed by atoms with Crippen LogP contribution in [0.5, 0.6) is 0 Å². The molecule has 0 bridgehead atoms. The number of hydrogen-bond donors (Lipinski definition) is 0. The Labute approximate surface area is 140 Å². The summed E-state index contributed by atoms with van der Waals surface area (Å²) >= 11 is 0. The lowest BCUT2D eigenvalue weighted by Crippen LogP contribution is -2.32. The highest BCUT2D eigenvalue weighted by atomic mass is 16.4. The van der Waals surface area contributed by atoms with Gasteiger partial charge >= 0.3 is 0 Å². The third-order valence-corrected chi connectivity index (χ3v) is 5.90. The van der Waals surface area contributed by atoms with Crippen LogP contribution < -0.4 is 4.90 Å². The molecule has 3 fully saturated rings. The van der Waals surface area contributed by atoms with Gasteiger partial charge < -0.3 is 9.32 Å². The molecule has 2 aromatic heterocycles. The van der Waals surface area contributed by atoms with Crippen molar-refractivity contribution in [2.24, 2.45) is 5.92 Å². The predicted molar refractivity (Wildman–Crippen MR) is 86.5 cm³/mol. The van der Waals surface area contributed by atoms with E-state index in [-0.39, 0.29) is 5.41 Å². The van der Waals surface area contributed by atoms with E-state index in [1.807, 2.05) is 12.1 Å². The third-order valence-electron chi connectivity index (χ3n) is 5.90. The molecular weight excluding hydrogens is 302 g/mol. The number of anilines is 1. The molecule has 3 aliphatic rings. The normalized spacial score (nSPS) is 28.8. The number of rotatable bonds is 3. The van der Waals surface area contributed by atoms with E-state index >= 15 is 0 Å². The van der Waals surface area contributed by atoms with Gasteiger partial charge in [-0.05, 0) is 43.7 Å². The van der Waals surface area contributed by atoms with Gasteiger partial charge in [0.05, 0.1) is 11.1 Å². The molecule has 6 heteroatoms. The van der Waals surface area contributed by atoms with E-state index in [1.54, 1.807) is 6.20 Å². The number of nitrogens with zero attached hydrogens (tertiary/aromatic N) is 5. The minimum absolute atomic E-state index is 0.0529.